The number of carbonyl (C=O) groups is 1. The van der Waals surface area contributed by atoms with E-state index in [9.17, 15) is 9.59 Å². The number of rotatable bonds is 7. The first kappa shape index (κ1) is 20.7. The van der Waals surface area contributed by atoms with Gasteiger partial charge in [-0.2, -0.15) is 0 Å². The van der Waals surface area contributed by atoms with Gasteiger partial charge in [-0.25, -0.2) is 0 Å². The van der Waals surface area contributed by atoms with Crippen molar-refractivity contribution in [3.8, 4) is 5.75 Å². The molecule has 4 rings (SSSR count). The average Bonchev–Trinajstić information content (AvgIpc) is 2.74. The first-order valence-electron chi connectivity index (χ1n) is 10.8. The van der Waals surface area contributed by atoms with Gasteiger partial charge >= 0.3 is 0 Å². The molecule has 6 nitrogen and oxygen atoms in total. The highest BCUT2D eigenvalue weighted by Crippen LogP contribution is 2.41. The lowest BCUT2D eigenvalue weighted by Gasteiger charge is -2.47. The molecular formula is C24H31N3O3. The summed E-state index contributed by atoms with van der Waals surface area (Å²) >= 11 is 0. The van der Waals surface area contributed by atoms with Crippen molar-refractivity contribution >= 4 is 5.91 Å². The number of hydrogen-bond donors (Lipinski definition) is 0. The van der Waals surface area contributed by atoms with Crippen molar-refractivity contribution in [3.05, 3.63) is 64.6 Å². The van der Waals surface area contributed by atoms with E-state index < -0.39 is 0 Å². The fourth-order valence-corrected chi connectivity index (χ4v) is 4.94. The number of pyridine rings is 1. The third kappa shape index (κ3) is 4.43. The fraction of sp³-hybridized carbons (Fsp3) is 0.500. The van der Waals surface area contributed by atoms with Crippen LogP contribution in [0.5, 0.6) is 5.75 Å². The Labute approximate surface area is 178 Å². The summed E-state index contributed by atoms with van der Waals surface area (Å²) in [4.78, 5) is 29.7. The molecule has 2 aliphatic heterocycles. The second-order valence-corrected chi connectivity index (χ2v) is 8.74. The van der Waals surface area contributed by atoms with Crippen LogP contribution in [0.3, 0.4) is 0 Å². The molecule has 0 aliphatic carbocycles. The highest BCUT2D eigenvalue weighted by molar-refractivity contribution is 5.76. The van der Waals surface area contributed by atoms with Gasteiger partial charge in [0, 0.05) is 43.7 Å². The topological polar surface area (TPSA) is 54.8 Å². The number of aromatic nitrogens is 1. The lowest BCUT2D eigenvalue weighted by Crippen LogP contribution is -2.52. The Balaban J connectivity index is 1.41. The molecule has 0 unspecified atom stereocenters. The number of benzene rings is 1. The predicted molar refractivity (Wildman–Crippen MR) is 117 cm³/mol. The van der Waals surface area contributed by atoms with Crippen LogP contribution in [-0.4, -0.2) is 60.6 Å². The Kier molecular flexibility index (Phi) is 6.23. The molecule has 1 aromatic carbocycles. The minimum atomic E-state index is 0.0758. The number of nitrogens with zero attached hydrogens (tertiary/aromatic N) is 3. The zero-order valence-corrected chi connectivity index (χ0v) is 17.9. The predicted octanol–water partition coefficient (Wildman–Crippen LogP) is 2.76. The van der Waals surface area contributed by atoms with E-state index in [2.05, 4.69) is 11.0 Å². The van der Waals surface area contributed by atoms with Crippen LogP contribution in [0.25, 0.3) is 0 Å². The summed E-state index contributed by atoms with van der Waals surface area (Å²) in [5, 5.41) is 0. The van der Waals surface area contributed by atoms with Crippen molar-refractivity contribution in [1.82, 2.24) is 14.4 Å². The van der Waals surface area contributed by atoms with Gasteiger partial charge in [0.1, 0.15) is 5.75 Å². The van der Waals surface area contributed by atoms with Crippen molar-refractivity contribution in [3.63, 3.8) is 0 Å². The summed E-state index contributed by atoms with van der Waals surface area (Å²) in [6.45, 7) is 2.78. The number of carbonyl (C=O) groups excluding carboxylic acids is 1. The van der Waals surface area contributed by atoms with Crippen LogP contribution in [0.4, 0.5) is 0 Å². The number of para-hydroxylation sites is 1. The highest BCUT2D eigenvalue weighted by atomic mass is 16.5. The van der Waals surface area contributed by atoms with Gasteiger partial charge in [-0.1, -0.05) is 24.3 Å². The SMILES string of the molecule is CN(C)C[C@H]1[C@H]2C[C@H](CN(C(=O)CCCOc3ccccc3)C2)c2cccc(=O)n21. The van der Waals surface area contributed by atoms with Crippen LogP contribution in [-0.2, 0) is 4.79 Å². The number of amides is 1. The lowest BCUT2D eigenvalue weighted by molar-refractivity contribution is -0.134. The standard InChI is InChI=1S/C24H31N3O3/c1-25(2)17-22-19-14-18(21-10-6-11-24(29)27(21)22)15-26(16-19)23(28)12-7-13-30-20-8-4-3-5-9-20/h3-6,8-11,18-19,22H,7,12-17H2,1-2H3/t18-,19+,22+/m1/s1. The van der Waals surface area contributed by atoms with E-state index in [4.69, 9.17) is 4.74 Å². The van der Waals surface area contributed by atoms with E-state index in [-0.39, 0.29) is 23.4 Å². The van der Waals surface area contributed by atoms with Crippen LogP contribution in [0.1, 0.15) is 36.9 Å². The molecule has 1 aromatic heterocycles. The maximum atomic E-state index is 12.9. The largest absolute Gasteiger partial charge is 0.494 e. The van der Waals surface area contributed by atoms with Crippen LogP contribution in [0.15, 0.2) is 53.3 Å². The number of likely N-dealkylation sites (N-methyl/N-ethyl adjacent to an activating group) is 1. The second-order valence-electron chi connectivity index (χ2n) is 8.74. The molecule has 1 saturated heterocycles. The molecule has 0 spiro atoms. The Morgan fingerprint density at radius 2 is 1.90 bits per heavy atom. The smallest absolute Gasteiger partial charge is 0.251 e. The molecule has 1 amide bonds. The lowest BCUT2D eigenvalue weighted by atomic mass is 9.78. The van der Waals surface area contributed by atoms with Gasteiger partial charge in [-0.3, -0.25) is 9.59 Å². The van der Waals surface area contributed by atoms with E-state index in [0.717, 1.165) is 31.0 Å². The number of piperidine rings is 1. The van der Waals surface area contributed by atoms with Crippen LogP contribution >= 0.6 is 0 Å². The molecule has 30 heavy (non-hydrogen) atoms. The van der Waals surface area contributed by atoms with Crippen LogP contribution in [0, 0.1) is 5.92 Å². The summed E-state index contributed by atoms with van der Waals surface area (Å²) in [5.41, 5.74) is 1.15. The summed E-state index contributed by atoms with van der Waals surface area (Å²) in [7, 11) is 4.08. The maximum absolute atomic E-state index is 12.9. The van der Waals surface area contributed by atoms with Crippen LogP contribution < -0.4 is 10.3 Å². The summed E-state index contributed by atoms with van der Waals surface area (Å²) in [6, 6.07) is 15.4. The molecule has 6 heteroatoms. The maximum Gasteiger partial charge on any atom is 0.251 e. The molecular weight excluding hydrogens is 378 g/mol. The van der Waals surface area contributed by atoms with Crippen LogP contribution in [0.2, 0.25) is 0 Å². The summed E-state index contributed by atoms with van der Waals surface area (Å²) < 4.78 is 7.72. The average molecular weight is 410 g/mol. The molecule has 2 bridgehead atoms. The number of likely N-dealkylation sites (tertiary alicyclic amines) is 1. The first-order valence-corrected chi connectivity index (χ1v) is 10.8. The first-order chi connectivity index (χ1) is 14.5. The van der Waals surface area contributed by atoms with Crippen molar-refractivity contribution in [2.45, 2.75) is 31.2 Å². The van der Waals surface area contributed by atoms with Crippen molar-refractivity contribution < 1.29 is 9.53 Å². The fourth-order valence-electron chi connectivity index (χ4n) is 4.94. The van der Waals surface area contributed by atoms with E-state index in [0.29, 0.717) is 31.9 Å². The molecule has 3 heterocycles. The van der Waals surface area contributed by atoms with E-state index >= 15 is 0 Å². The van der Waals surface area contributed by atoms with Crippen molar-refractivity contribution in [2.75, 3.05) is 40.3 Å². The molecule has 2 aliphatic rings. The zero-order chi connectivity index (χ0) is 21.1. The molecule has 0 N–H and O–H groups in total. The number of fused-ring (bicyclic) bond motifs is 4. The van der Waals surface area contributed by atoms with Gasteiger partial charge in [-0.05, 0) is 51.1 Å². The molecule has 3 atom stereocenters. The van der Waals surface area contributed by atoms with Gasteiger partial charge in [0.2, 0.25) is 5.91 Å². The Bertz CT molecular complexity index is 925. The molecule has 2 aromatic rings. The Morgan fingerprint density at radius 3 is 2.67 bits per heavy atom. The minimum absolute atomic E-state index is 0.0758. The highest BCUT2D eigenvalue weighted by Gasteiger charge is 2.41. The Hall–Kier alpha value is -2.60. The van der Waals surface area contributed by atoms with Gasteiger partial charge < -0.3 is 19.1 Å². The summed E-state index contributed by atoms with van der Waals surface area (Å²) in [6.07, 6.45) is 2.24. The molecule has 160 valence electrons. The van der Waals surface area contributed by atoms with E-state index in [1.54, 1.807) is 6.07 Å². The monoisotopic (exact) mass is 409 g/mol. The molecule has 0 radical (unpaired) electrons. The van der Waals surface area contributed by atoms with Crippen molar-refractivity contribution in [1.29, 1.82) is 0 Å². The van der Waals surface area contributed by atoms with E-state index in [1.165, 1.54) is 0 Å². The van der Waals surface area contributed by atoms with Gasteiger partial charge in [0.05, 0.1) is 12.6 Å². The molecule has 1 fully saturated rings. The van der Waals surface area contributed by atoms with Gasteiger partial charge in [0.25, 0.3) is 5.56 Å². The molecule has 0 saturated carbocycles. The number of hydrogen-bond acceptors (Lipinski definition) is 4. The summed E-state index contributed by atoms with van der Waals surface area (Å²) in [5.74, 6) is 1.58. The Morgan fingerprint density at radius 1 is 1.10 bits per heavy atom. The van der Waals surface area contributed by atoms with Gasteiger partial charge in [-0.15, -0.1) is 0 Å². The third-order valence-corrected chi connectivity index (χ3v) is 6.25. The van der Waals surface area contributed by atoms with Crippen molar-refractivity contribution in [2.24, 2.45) is 5.92 Å². The minimum Gasteiger partial charge on any atom is -0.494 e. The normalized spacial score (nSPS) is 22.6. The second kappa shape index (κ2) is 9.04. The quantitative estimate of drug-likeness (QED) is 0.660. The van der Waals surface area contributed by atoms with Gasteiger partial charge in [0.15, 0.2) is 0 Å². The zero-order valence-electron chi connectivity index (χ0n) is 17.9. The number of ether oxygens (including phenoxy) is 1. The van der Waals surface area contributed by atoms with E-state index in [1.807, 2.05) is 60.0 Å². The third-order valence-electron chi connectivity index (χ3n) is 6.25.